The lowest BCUT2D eigenvalue weighted by Crippen LogP contribution is -2.40. The van der Waals surface area contributed by atoms with Crippen molar-refractivity contribution < 1.29 is 4.74 Å². The zero-order valence-corrected chi connectivity index (χ0v) is 13.5. The summed E-state index contributed by atoms with van der Waals surface area (Å²) in [5, 5.41) is 3.29. The number of ether oxygens (including phenoxy) is 1. The summed E-state index contributed by atoms with van der Waals surface area (Å²) in [7, 11) is 3.42. The molecule has 23 heavy (non-hydrogen) atoms. The van der Waals surface area contributed by atoms with E-state index in [1.54, 1.807) is 31.1 Å². The van der Waals surface area contributed by atoms with Gasteiger partial charge in [0.05, 0.1) is 7.11 Å². The molecule has 0 unspecified atom stereocenters. The minimum atomic E-state index is -0.0808. The van der Waals surface area contributed by atoms with Crippen molar-refractivity contribution in [2.24, 2.45) is 7.05 Å². The fraction of sp³-hybridized carbons (Fsp3) is 0.412. The minimum Gasteiger partial charge on any atom is -0.497 e. The molecular weight excluding hydrogens is 292 g/mol. The first-order valence-corrected chi connectivity index (χ1v) is 7.84. The first-order valence-electron chi connectivity index (χ1n) is 7.84. The summed E-state index contributed by atoms with van der Waals surface area (Å²) in [5.74, 6) is 1.31. The number of anilines is 2. The van der Waals surface area contributed by atoms with Crippen LogP contribution in [0.1, 0.15) is 12.8 Å². The van der Waals surface area contributed by atoms with Gasteiger partial charge in [0.25, 0.3) is 5.56 Å². The normalized spacial score (nSPS) is 15.5. The van der Waals surface area contributed by atoms with Crippen molar-refractivity contribution in [2.75, 3.05) is 30.4 Å². The lowest BCUT2D eigenvalue weighted by molar-refractivity contribution is 0.414. The predicted octanol–water partition coefficient (Wildman–Crippen LogP) is 1.87. The van der Waals surface area contributed by atoms with E-state index in [9.17, 15) is 4.79 Å². The minimum absolute atomic E-state index is 0.0808. The molecule has 1 aromatic carbocycles. The van der Waals surface area contributed by atoms with Crippen LogP contribution in [0.3, 0.4) is 0 Å². The highest BCUT2D eigenvalue weighted by Crippen LogP contribution is 2.24. The Balaban J connectivity index is 1.62. The van der Waals surface area contributed by atoms with Crippen LogP contribution in [-0.2, 0) is 7.05 Å². The molecule has 1 fully saturated rings. The van der Waals surface area contributed by atoms with Crippen molar-refractivity contribution in [3.8, 4) is 5.75 Å². The summed E-state index contributed by atoms with van der Waals surface area (Å²) in [5.41, 5.74) is 1.10. The average molecular weight is 314 g/mol. The molecule has 6 nitrogen and oxygen atoms in total. The molecule has 0 aliphatic carbocycles. The maximum absolute atomic E-state index is 12.0. The van der Waals surface area contributed by atoms with E-state index in [2.05, 4.69) is 27.3 Å². The van der Waals surface area contributed by atoms with Crippen LogP contribution in [0.4, 0.5) is 11.5 Å². The van der Waals surface area contributed by atoms with Crippen LogP contribution in [0.25, 0.3) is 0 Å². The number of nitrogens with one attached hydrogen (secondary N) is 1. The number of benzene rings is 1. The molecule has 1 saturated heterocycles. The molecule has 1 aromatic heterocycles. The topological polar surface area (TPSA) is 59.4 Å². The second-order valence-corrected chi connectivity index (χ2v) is 5.80. The average Bonchev–Trinajstić information content (AvgIpc) is 2.60. The number of hydrogen-bond donors (Lipinski definition) is 1. The van der Waals surface area contributed by atoms with E-state index in [1.807, 2.05) is 12.1 Å². The van der Waals surface area contributed by atoms with Crippen LogP contribution in [0.15, 0.2) is 41.5 Å². The molecule has 3 rings (SSSR count). The van der Waals surface area contributed by atoms with Crippen molar-refractivity contribution >= 4 is 11.5 Å². The predicted molar refractivity (Wildman–Crippen MR) is 91.3 cm³/mol. The van der Waals surface area contributed by atoms with E-state index >= 15 is 0 Å². The molecule has 1 N–H and O–H groups in total. The first-order chi connectivity index (χ1) is 11.2. The van der Waals surface area contributed by atoms with E-state index in [-0.39, 0.29) is 11.6 Å². The Morgan fingerprint density at radius 2 is 2.09 bits per heavy atom. The summed E-state index contributed by atoms with van der Waals surface area (Å²) in [6.45, 7) is 1.88. The van der Waals surface area contributed by atoms with E-state index < -0.39 is 0 Å². The van der Waals surface area contributed by atoms with Gasteiger partial charge >= 0.3 is 0 Å². The van der Waals surface area contributed by atoms with Gasteiger partial charge in [0, 0.05) is 50.3 Å². The van der Waals surface area contributed by atoms with Gasteiger partial charge in [0.2, 0.25) is 0 Å². The van der Waals surface area contributed by atoms with Crippen molar-refractivity contribution in [1.29, 1.82) is 0 Å². The molecule has 0 saturated carbocycles. The van der Waals surface area contributed by atoms with Crippen LogP contribution in [0.5, 0.6) is 5.75 Å². The number of hydrogen-bond acceptors (Lipinski definition) is 5. The highest BCUT2D eigenvalue weighted by Gasteiger charge is 2.20. The fourth-order valence-corrected chi connectivity index (χ4v) is 2.88. The van der Waals surface area contributed by atoms with Gasteiger partial charge < -0.3 is 19.5 Å². The molecule has 0 bridgehead atoms. The van der Waals surface area contributed by atoms with Crippen molar-refractivity contribution in [2.45, 2.75) is 18.9 Å². The van der Waals surface area contributed by atoms with Crippen LogP contribution in [0.2, 0.25) is 0 Å². The molecule has 2 aromatic rings. The first kappa shape index (κ1) is 15.4. The van der Waals surface area contributed by atoms with Crippen LogP contribution >= 0.6 is 0 Å². The van der Waals surface area contributed by atoms with Crippen molar-refractivity contribution in [1.82, 2.24) is 9.55 Å². The number of methoxy groups -OCH3 is 1. The highest BCUT2D eigenvalue weighted by molar-refractivity contribution is 5.51. The van der Waals surface area contributed by atoms with Crippen LogP contribution in [0, 0.1) is 0 Å². The maximum atomic E-state index is 12.0. The quantitative estimate of drug-likeness (QED) is 0.933. The SMILES string of the molecule is COc1cccc(N2CCC(Nc3nccn(C)c3=O)CC2)c1. The van der Waals surface area contributed by atoms with Gasteiger partial charge in [-0.3, -0.25) is 4.79 Å². The number of rotatable bonds is 4. The Hall–Kier alpha value is -2.50. The van der Waals surface area contributed by atoms with Gasteiger partial charge in [-0.2, -0.15) is 0 Å². The van der Waals surface area contributed by atoms with Gasteiger partial charge in [-0.15, -0.1) is 0 Å². The third kappa shape index (κ3) is 3.47. The smallest absolute Gasteiger partial charge is 0.293 e. The number of nitrogens with zero attached hydrogens (tertiary/aromatic N) is 3. The number of aryl methyl sites for hydroxylation is 1. The number of aromatic nitrogens is 2. The Bertz CT molecular complexity index is 721. The zero-order valence-electron chi connectivity index (χ0n) is 13.5. The standard InChI is InChI=1S/C17H22N4O2/c1-20-11-8-18-16(17(20)22)19-13-6-9-21(10-7-13)14-4-3-5-15(12-14)23-2/h3-5,8,11-13H,6-7,9-10H2,1-2H3,(H,18,19). The third-order valence-electron chi connectivity index (χ3n) is 4.27. The van der Waals surface area contributed by atoms with Crippen LogP contribution in [-0.4, -0.2) is 35.8 Å². The Kier molecular flexibility index (Phi) is 4.50. The van der Waals surface area contributed by atoms with Crippen LogP contribution < -0.4 is 20.5 Å². The van der Waals surface area contributed by atoms with Gasteiger partial charge in [0.1, 0.15) is 5.75 Å². The second-order valence-electron chi connectivity index (χ2n) is 5.80. The summed E-state index contributed by atoms with van der Waals surface area (Å²) in [6.07, 6.45) is 5.25. The fourth-order valence-electron chi connectivity index (χ4n) is 2.88. The molecule has 2 heterocycles. The molecule has 0 spiro atoms. The van der Waals surface area contributed by atoms with E-state index in [0.29, 0.717) is 5.82 Å². The second kappa shape index (κ2) is 6.73. The maximum Gasteiger partial charge on any atom is 0.293 e. The molecule has 0 atom stereocenters. The summed E-state index contributed by atoms with van der Waals surface area (Å²) < 4.78 is 6.83. The largest absolute Gasteiger partial charge is 0.497 e. The summed E-state index contributed by atoms with van der Waals surface area (Å²) in [6, 6.07) is 8.40. The molecule has 0 amide bonds. The van der Waals surface area contributed by atoms with E-state index in [4.69, 9.17) is 4.74 Å². The Morgan fingerprint density at radius 3 is 2.83 bits per heavy atom. The molecule has 1 aliphatic rings. The highest BCUT2D eigenvalue weighted by atomic mass is 16.5. The van der Waals surface area contributed by atoms with Gasteiger partial charge in [0.15, 0.2) is 5.82 Å². The molecule has 1 aliphatic heterocycles. The van der Waals surface area contributed by atoms with Gasteiger partial charge in [-0.25, -0.2) is 4.98 Å². The monoisotopic (exact) mass is 314 g/mol. The van der Waals surface area contributed by atoms with Crippen molar-refractivity contribution in [3.63, 3.8) is 0 Å². The molecule has 0 radical (unpaired) electrons. The summed E-state index contributed by atoms with van der Waals surface area (Å²) >= 11 is 0. The lowest BCUT2D eigenvalue weighted by Gasteiger charge is -2.34. The molecule has 122 valence electrons. The third-order valence-corrected chi connectivity index (χ3v) is 4.27. The Morgan fingerprint density at radius 1 is 1.30 bits per heavy atom. The van der Waals surface area contributed by atoms with E-state index in [1.165, 1.54) is 5.69 Å². The summed E-state index contributed by atoms with van der Waals surface area (Å²) in [4.78, 5) is 18.5. The Labute approximate surface area is 135 Å². The van der Waals surface area contributed by atoms with Gasteiger partial charge in [-0.1, -0.05) is 6.07 Å². The number of piperidine rings is 1. The molecular formula is C17H22N4O2. The molecule has 6 heteroatoms. The van der Waals surface area contributed by atoms with Crippen molar-refractivity contribution in [3.05, 3.63) is 47.0 Å². The lowest BCUT2D eigenvalue weighted by atomic mass is 10.0. The van der Waals surface area contributed by atoms with E-state index in [0.717, 1.165) is 31.7 Å². The van der Waals surface area contributed by atoms with Gasteiger partial charge in [-0.05, 0) is 25.0 Å². The zero-order chi connectivity index (χ0) is 16.2.